The average molecular weight is 335 g/mol. The lowest BCUT2D eigenvalue weighted by atomic mass is 10.3. The van der Waals surface area contributed by atoms with Crippen LogP contribution in [0.3, 0.4) is 0 Å². The molecule has 0 aliphatic rings. The van der Waals surface area contributed by atoms with Crippen molar-refractivity contribution in [2.24, 2.45) is 0 Å². The van der Waals surface area contributed by atoms with E-state index >= 15 is 0 Å². The van der Waals surface area contributed by atoms with Gasteiger partial charge in [0.05, 0.1) is 17.4 Å². The smallest absolute Gasteiger partial charge is 0.291 e. The van der Waals surface area contributed by atoms with E-state index in [9.17, 15) is 4.79 Å². The van der Waals surface area contributed by atoms with E-state index in [1.54, 1.807) is 10.7 Å². The SMILES string of the molecule is Cc1ccnc2nc(C(=O)NCCCn3cnc4ccccc43)nn12. The molecule has 8 heteroatoms. The van der Waals surface area contributed by atoms with Crippen molar-refractivity contribution in [2.75, 3.05) is 6.54 Å². The first-order valence-corrected chi connectivity index (χ1v) is 8.09. The third kappa shape index (κ3) is 2.93. The van der Waals surface area contributed by atoms with Gasteiger partial charge in [0.2, 0.25) is 5.82 Å². The van der Waals surface area contributed by atoms with E-state index in [1.165, 1.54) is 0 Å². The summed E-state index contributed by atoms with van der Waals surface area (Å²) in [4.78, 5) is 24.8. The van der Waals surface area contributed by atoms with Gasteiger partial charge in [-0.2, -0.15) is 4.98 Å². The Labute approximate surface area is 143 Å². The molecule has 3 heterocycles. The highest BCUT2D eigenvalue weighted by Gasteiger charge is 2.13. The first kappa shape index (κ1) is 15.3. The zero-order valence-corrected chi connectivity index (χ0v) is 13.8. The summed E-state index contributed by atoms with van der Waals surface area (Å²) in [7, 11) is 0. The fraction of sp³-hybridized carbons (Fsp3) is 0.235. The molecule has 0 radical (unpaired) electrons. The molecule has 3 aromatic heterocycles. The van der Waals surface area contributed by atoms with Gasteiger partial charge in [-0.15, -0.1) is 5.10 Å². The zero-order chi connectivity index (χ0) is 17.2. The van der Waals surface area contributed by atoms with E-state index < -0.39 is 0 Å². The molecule has 0 bridgehead atoms. The second-order valence-electron chi connectivity index (χ2n) is 5.77. The number of imidazole rings is 1. The van der Waals surface area contributed by atoms with Crippen LogP contribution < -0.4 is 5.32 Å². The van der Waals surface area contributed by atoms with Crippen LogP contribution in [0.4, 0.5) is 0 Å². The number of nitrogens with one attached hydrogen (secondary N) is 1. The third-order valence-corrected chi connectivity index (χ3v) is 4.02. The second kappa shape index (κ2) is 6.31. The monoisotopic (exact) mass is 335 g/mol. The quantitative estimate of drug-likeness (QED) is 0.560. The van der Waals surface area contributed by atoms with Gasteiger partial charge in [0.25, 0.3) is 11.7 Å². The van der Waals surface area contributed by atoms with Crippen molar-refractivity contribution in [3.05, 3.63) is 54.4 Å². The summed E-state index contributed by atoms with van der Waals surface area (Å²) < 4.78 is 3.64. The molecule has 0 unspecified atom stereocenters. The molecule has 1 aromatic carbocycles. The first-order chi connectivity index (χ1) is 12.2. The summed E-state index contributed by atoms with van der Waals surface area (Å²) >= 11 is 0. The van der Waals surface area contributed by atoms with Gasteiger partial charge < -0.3 is 9.88 Å². The van der Waals surface area contributed by atoms with Crippen molar-refractivity contribution in [1.29, 1.82) is 0 Å². The van der Waals surface area contributed by atoms with E-state index in [0.29, 0.717) is 12.3 Å². The number of fused-ring (bicyclic) bond motifs is 2. The van der Waals surface area contributed by atoms with Crippen LogP contribution in [0.15, 0.2) is 42.9 Å². The Hall–Kier alpha value is -3.29. The van der Waals surface area contributed by atoms with Crippen LogP contribution in [0.1, 0.15) is 22.7 Å². The summed E-state index contributed by atoms with van der Waals surface area (Å²) in [5.74, 6) is 0.269. The topological polar surface area (TPSA) is 90.0 Å². The minimum absolute atomic E-state index is 0.134. The highest BCUT2D eigenvalue weighted by Crippen LogP contribution is 2.11. The molecule has 8 nitrogen and oxygen atoms in total. The fourth-order valence-electron chi connectivity index (χ4n) is 2.72. The molecule has 0 spiro atoms. The molecule has 4 rings (SSSR count). The van der Waals surface area contributed by atoms with Crippen LogP contribution >= 0.6 is 0 Å². The molecular weight excluding hydrogens is 318 g/mol. The van der Waals surface area contributed by atoms with Crippen LogP contribution in [0.25, 0.3) is 16.8 Å². The van der Waals surface area contributed by atoms with Gasteiger partial charge in [-0.05, 0) is 31.5 Å². The Balaban J connectivity index is 1.36. The van der Waals surface area contributed by atoms with Crippen molar-refractivity contribution < 1.29 is 4.79 Å². The molecule has 0 saturated carbocycles. The summed E-state index contributed by atoms with van der Waals surface area (Å²) in [5.41, 5.74) is 2.95. The Bertz CT molecular complexity index is 1050. The van der Waals surface area contributed by atoms with E-state index in [2.05, 4.69) is 29.9 Å². The summed E-state index contributed by atoms with van der Waals surface area (Å²) in [6.07, 6.45) is 4.26. The van der Waals surface area contributed by atoms with Crippen molar-refractivity contribution in [1.82, 2.24) is 34.4 Å². The minimum atomic E-state index is -0.291. The van der Waals surface area contributed by atoms with E-state index in [4.69, 9.17) is 0 Å². The van der Waals surface area contributed by atoms with E-state index in [-0.39, 0.29) is 11.7 Å². The highest BCUT2D eigenvalue weighted by atomic mass is 16.2. The Kier molecular flexibility index (Phi) is 3.85. The van der Waals surface area contributed by atoms with Gasteiger partial charge in [0.1, 0.15) is 0 Å². The maximum atomic E-state index is 12.2. The van der Waals surface area contributed by atoms with Gasteiger partial charge in [0.15, 0.2) is 0 Å². The van der Waals surface area contributed by atoms with Crippen LogP contribution in [-0.2, 0) is 6.54 Å². The normalized spacial score (nSPS) is 11.2. The van der Waals surface area contributed by atoms with Gasteiger partial charge in [-0.3, -0.25) is 4.79 Å². The van der Waals surface area contributed by atoms with Crippen LogP contribution in [0.5, 0.6) is 0 Å². The zero-order valence-electron chi connectivity index (χ0n) is 13.8. The molecule has 1 amide bonds. The van der Waals surface area contributed by atoms with Crippen molar-refractivity contribution >= 4 is 22.7 Å². The average Bonchev–Trinajstić information content (AvgIpc) is 3.24. The second-order valence-corrected chi connectivity index (χ2v) is 5.77. The fourth-order valence-corrected chi connectivity index (χ4v) is 2.72. The van der Waals surface area contributed by atoms with Crippen LogP contribution in [0.2, 0.25) is 0 Å². The van der Waals surface area contributed by atoms with Gasteiger partial charge in [-0.1, -0.05) is 12.1 Å². The van der Waals surface area contributed by atoms with Crippen molar-refractivity contribution in [3.63, 3.8) is 0 Å². The molecule has 1 N–H and O–H groups in total. The summed E-state index contributed by atoms with van der Waals surface area (Å²) in [6, 6.07) is 9.81. The van der Waals surface area contributed by atoms with E-state index in [1.807, 2.05) is 43.6 Å². The summed E-state index contributed by atoms with van der Waals surface area (Å²) in [5, 5.41) is 7.05. The number of carbonyl (C=O) groups is 1. The number of hydrogen-bond acceptors (Lipinski definition) is 5. The van der Waals surface area contributed by atoms with Crippen LogP contribution in [0, 0.1) is 6.92 Å². The number of benzene rings is 1. The highest BCUT2D eigenvalue weighted by molar-refractivity contribution is 5.90. The van der Waals surface area contributed by atoms with Crippen LogP contribution in [-0.4, -0.2) is 41.6 Å². The maximum absolute atomic E-state index is 12.2. The molecule has 0 fully saturated rings. The number of aryl methyl sites for hydroxylation is 2. The Morgan fingerprint density at radius 1 is 1.20 bits per heavy atom. The first-order valence-electron chi connectivity index (χ1n) is 8.09. The molecule has 0 aliphatic carbocycles. The lowest BCUT2D eigenvalue weighted by molar-refractivity contribution is 0.0942. The van der Waals surface area contributed by atoms with Gasteiger partial charge in [0, 0.05) is 25.0 Å². The Morgan fingerprint density at radius 2 is 2.08 bits per heavy atom. The number of para-hydroxylation sites is 2. The standard InChI is InChI=1S/C17H17N7O/c1-12-7-9-19-17-21-15(22-24(12)17)16(25)18-8-4-10-23-11-20-13-5-2-3-6-14(13)23/h2-3,5-7,9,11H,4,8,10H2,1H3,(H,18,25). The number of nitrogens with zero attached hydrogens (tertiary/aromatic N) is 6. The predicted molar refractivity (Wildman–Crippen MR) is 92.2 cm³/mol. The number of aromatic nitrogens is 6. The molecule has 0 aliphatic heterocycles. The predicted octanol–water partition coefficient (Wildman–Crippen LogP) is 1.60. The number of rotatable bonds is 5. The molecule has 0 atom stereocenters. The molecule has 0 saturated heterocycles. The minimum Gasteiger partial charge on any atom is -0.349 e. The third-order valence-electron chi connectivity index (χ3n) is 4.02. The Morgan fingerprint density at radius 3 is 2.96 bits per heavy atom. The number of amides is 1. The van der Waals surface area contributed by atoms with Crippen molar-refractivity contribution in [3.8, 4) is 0 Å². The largest absolute Gasteiger partial charge is 0.349 e. The number of carbonyl (C=O) groups excluding carboxylic acids is 1. The van der Waals surface area contributed by atoms with Gasteiger partial charge >= 0.3 is 0 Å². The maximum Gasteiger partial charge on any atom is 0.291 e. The summed E-state index contributed by atoms with van der Waals surface area (Å²) in [6.45, 7) is 3.20. The number of hydrogen-bond donors (Lipinski definition) is 1. The lowest BCUT2D eigenvalue weighted by Gasteiger charge is -2.05. The molecular formula is C17H17N7O. The molecule has 126 valence electrons. The lowest BCUT2D eigenvalue weighted by Crippen LogP contribution is -2.26. The van der Waals surface area contributed by atoms with E-state index in [0.717, 1.165) is 29.7 Å². The molecule has 25 heavy (non-hydrogen) atoms. The van der Waals surface area contributed by atoms with Crippen molar-refractivity contribution in [2.45, 2.75) is 19.9 Å². The molecule has 4 aromatic rings. The van der Waals surface area contributed by atoms with Gasteiger partial charge in [-0.25, -0.2) is 14.5 Å².